The predicted molar refractivity (Wildman–Crippen MR) is 78.1 cm³/mol. The van der Waals surface area contributed by atoms with Crippen molar-refractivity contribution in [2.24, 2.45) is 5.73 Å². The molecule has 0 saturated carbocycles. The summed E-state index contributed by atoms with van der Waals surface area (Å²) in [6, 6.07) is 5.28. The summed E-state index contributed by atoms with van der Waals surface area (Å²) in [5.74, 6) is -2.13. The Kier molecular flexibility index (Phi) is 5.07. The van der Waals surface area contributed by atoms with Crippen LogP contribution in [0.15, 0.2) is 30.5 Å². The van der Waals surface area contributed by atoms with E-state index in [4.69, 9.17) is 10.5 Å². The number of nitrogens with two attached hydrogens (primary N) is 1. The SMILES string of the molecule is CCOC(=O)c1cn(C[C@@H](O)c2ccc(F)cc2)c(C(N)=O)n1. The summed E-state index contributed by atoms with van der Waals surface area (Å²) < 4.78 is 19.0. The molecule has 1 heterocycles. The van der Waals surface area contributed by atoms with Crippen LogP contribution >= 0.6 is 0 Å². The first-order chi connectivity index (χ1) is 10.9. The minimum Gasteiger partial charge on any atom is -0.461 e. The Labute approximate surface area is 131 Å². The van der Waals surface area contributed by atoms with Crippen molar-refractivity contribution in [2.45, 2.75) is 19.6 Å². The van der Waals surface area contributed by atoms with Crippen molar-refractivity contribution in [1.82, 2.24) is 9.55 Å². The maximum atomic E-state index is 12.9. The highest BCUT2D eigenvalue weighted by atomic mass is 19.1. The zero-order valence-corrected chi connectivity index (χ0v) is 12.4. The van der Waals surface area contributed by atoms with E-state index < -0.39 is 23.8 Å². The van der Waals surface area contributed by atoms with Gasteiger partial charge in [-0.25, -0.2) is 14.2 Å². The first-order valence-corrected chi connectivity index (χ1v) is 6.90. The fourth-order valence-corrected chi connectivity index (χ4v) is 2.03. The summed E-state index contributed by atoms with van der Waals surface area (Å²) in [6.07, 6.45) is 0.253. The van der Waals surface area contributed by atoms with Crippen LogP contribution in [0.4, 0.5) is 4.39 Å². The zero-order valence-electron chi connectivity index (χ0n) is 12.4. The summed E-state index contributed by atoms with van der Waals surface area (Å²) in [5.41, 5.74) is 5.61. The molecule has 8 heteroatoms. The number of carbonyl (C=O) groups excluding carboxylic acids is 2. The number of imidazole rings is 1. The highest BCUT2D eigenvalue weighted by molar-refractivity contribution is 5.93. The number of esters is 1. The van der Waals surface area contributed by atoms with Gasteiger partial charge in [0, 0.05) is 6.20 Å². The van der Waals surface area contributed by atoms with Crippen molar-refractivity contribution >= 4 is 11.9 Å². The average Bonchev–Trinajstić information content (AvgIpc) is 2.92. The predicted octanol–water partition coefficient (Wildman–Crippen LogP) is 1.03. The lowest BCUT2D eigenvalue weighted by atomic mass is 10.1. The molecule has 122 valence electrons. The van der Waals surface area contributed by atoms with Gasteiger partial charge in [0.05, 0.1) is 19.3 Å². The summed E-state index contributed by atoms with van der Waals surface area (Å²) >= 11 is 0. The molecule has 0 spiro atoms. The number of aromatic nitrogens is 2. The van der Waals surface area contributed by atoms with Gasteiger partial charge >= 0.3 is 5.97 Å². The minimum absolute atomic E-state index is 0.0731. The molecule has 1 aromatic carbocycles. The Hall–Kier alpha value is -2.74. The summed E-state index contributed by atoms with van der Waals surface area (Å²) in [7, 11) is 0. The second-order valence-electron chi connectivity index (χ2n) is 4.75. The van der Waals surface area contributed by atoms with Crippen LogP contribution in [-0.4, -0.2) is 33.1 Å². The molecule has 0 aliphatic carbocycles. The number of halogens is 1. The number of rotatable bonds is 6. The van der Waals surface area contributed by atoms with Gasteiger partial charge in [-0.15, -0.1) is 0 Å². The minimum atomic E-state index is -1.03. The number of aliphatic hydroxyl groups is 1. The molecule has 0 unspecified atom stereocenters. The number of nitrogens with zero attached hydrogens (tertiary/aromatic N) is 2. The zero-order chi connectivity index (χ0) is 17.0. The number of hydrogen-bond acceptors (Lipinski definition) is 5. The van der Waals surface area contributed by atoms with Gasteiger partial charge in [-0.2, -0.15) is 0 Å². The van der Waals surface area contributed by atoms with Crippen LogP contribution in [0.2, 0.25) is 0 Å². The molecule has 23 heavy (non-hydrogen) atoms. The van der Waals surface area contributed by atoms with Crippen LogP contribution in [-0.2, 0) is 11.3 Å². The van der Waals surface area contributed by atoms with E-state index in [-0.39, 0.29) is 24.7 Å². The van der Waals surface area contributed by atoms with Crippen molar-refractivity contribution in [3.8, 4) is 0 Å². The van der Waals surface area contributed by atoms with Crippen molar-refractivity contribution in [2.75, 3.05) is 6.61 Å². The van der Waals surface area contributed by atoms with E-state index in [1.54, 1.807) is 6.92 Å². The van der Waals surface area contributed by atoms with E-state index in [1.807, 2.05) is 0 Å². The molecular formula is C15H16FN3O4. The summed E-state index contributed by atoms with van der Waals surface area (Å²) in [4.78, 5) is 26.9. The van der Waals surface area contributed by atoms with Gasteiger partial charge in [-0.3, -0.25) is 4.79 Å². The largest absolute Gasteiger partial charge is 0.461 e. The van der Waals surface area contributed by atoms with Gasteiger partial charge in [-0.1, -0.05) is 12.1 Å². The monoisotopic (exact) mass is 321 g/mol. The third-order valence-corrected chi connectivity index (χ3v) is 3.11. The van der Waals surface area contributed by atoms with E-state index in [0.29, 0.717) is 5.56 Å². The second-order valence-corrected chi connectivity index (χ2v) is 4.75. The lowest BCUT2D eigenvalue weighted by Gasteiger charge is -2.13. The van der Waals surface area contributed by atoms with Crippen LogP contribution < -0.4 is 5.73 Å². The van der Waals surface area contributed by atoms with E-state index >= 15 is 0 Å². The number of amides is 1. The topological polar surface area (TPSA) is 107 Å². The molecule has 0 fully saturated rings. The van der Waals surface area contributed by atoms with E-state index in [1.165, 1.54) is 35.0 Å². The quantitative estimate of drug-likeness (QED) is 0.773. The molecule has 2 aromatic rings. The van der Waals surface area contributed by atoms with Crippen molar-refractivity contribution in [3.05, 3.63) is 53.4 Å². The van der Waals surface area contributed by atoms with Crippen molar-refractivity contribution in [1.29, 1.82) is 0 Å². The fraction of sp³-hybridized carbons (Fsp3) is 0.267. The van der Waals surface area contributed by atoms with E-state index in [0.717, 1.165) is 0 Å². The van der Waals surface area contributed by atoms with Gasteiger partial charge in [0.25, 0.3) is 5.91 Å². The molecule has 0 bridgehead atoms. The smallest absolute Gasteiger partial charge is 0.358 e. The fourth-order valence-electron chi connectivity index (χ4n) is 2.03. The molecule has 0 aliphatic rings. The van der Waals surface area contributed by atoms with Crippen LogP contribution in [0, 0.1) is 5.82 Å². The van der Waals surface area contributed by atoms with Gasteiger partial charge in [0.1, 0.15) is 5.82 Å². The number of ether oxygens (including phenoxy) is 1. The van der Waals surface area contributed by atoms with Crippen molar-refractivity contribution in [3.63, 3.8) is 0 Å². The van der Waals surface area contributed by atoms with Gasteiger partial charge in [0.15, 0.2) is 11.5 Å². The molecule has 0 aliphatic heterocycles. The molecule has 2 rings (SSSR count). The summed E-state index contributed by atoms with van der Waals surface area (Å²) in [6.45, 7) is 1.73. The highest BCUT2D eigenvalue weighted by Gasteiger charge is 2.20. The molecule has 1 amide bonds. The first-order valence-electron chi connectivity index (χ1n) is 6.90. The third-order valence-electron chi connectivity index (χ3n) is 3.11. The average molecular weight is 321 g/mol. The molecule has 7 nitrogen and oxygen atoms in total. The third kappa shape index (κ3) is 3.92. The number of primary amides is 1. The van der Waals surface area contributed by atoms with Crippen LogP contribution in [0.5, 0.6) is 0 Å². The lowest BCUT2D eigenvalue weighted by Crippen LogP contribution is -2.20. The highest BCUT2D eigenvalue weighted by Crippen LogP contribution is 2.17. The summed E-state index contributed by atoms with van der Waals surface area (Å²) in [5, 5.41) is 10.2. The van der Waals surface area contributed by atoms with E-state index in [9.17, 15) is 19.1 Å². The number of aliphatic hydroxyl groups excluding tert-OH is 1. The maximum absolute atomic E-state index is 12.9. The normalized spacial score (nSPS) is 12.0. The molecule has 1 aromatic heterocycles. The van der Waals surface area contributed by atoms with Crippen LogP contribution in [0.25, 0.3) is 0 Å². The Balaban J connectivity index is 2.25. The van der Waals surface area contributed by atoms with Gasteiger partial charge in [-0.05, 0) is 24.6 Å². The first kappa shape index (κ1) is 16.6. The maximum Gasteiger partial charge on any atom is 0.358 e. The number of benzene rings is 1. The molecule has 3 N–H and O–H groups in total. The Morgan fingerprint density at radius 1 is 1.39 bits per heavy atom. The number of carbonyl (C=O) groups is 2. The van der Waals surface area contributed by atoms with E-state index in [2.05, 4.69) is 4.98 Å². The molecule has 0 saturated heterocycles. The lowest BCUT2D eigenvalue weighted by molar-refractivity contribution is 0.0519. The van der Waals surface area contributed by atoms with Crippen LogP contribution in [0.3, 0.4) is 0 Å². The Morgan fingerprint density at radius 2 is 2.04 bits per heavy atom. The van der Waals surface area contributed by atoms with Gasteiger partial charge in [0.2, 0.25) is 0 Å². The Morgan fingerprint density at radius 3 is 2.61 bits per heavy atom. The van der Waals surface area contributed by atoms with Crippen molar-refractivity contribution < 1.29 is 23.8 Å². The molecular weight excluding hydrogens is 305 g/mol. The van der Waals surface area contributed by atoms with Gasteiger partial charge < -0.3 is 20.1 Å². The molecule has 1 atom stereocenters. The Bertz CT molecular complexity index is 712. The van der Waals surface area contributed by atoms with Crippen LogP contribution in [0.1, 0.15) is 39.7 Å². The second kappa shape index (κ2) is 7.01. The number of hydrogen-bond donors (Lipinski definition) is 2. The molecule has 0 radical (unpaired) electrons. The standard InChI is InChI=1S/C15H16FN3O4/c1-2-23-15(22)11-7-19(14(18-11)13(17)21)8-12(20)9-3-5-10(16)6-4-9/h3-7,12,20H,2,8H2,1H3,(H2,17,21)/t12-/m1/s1.